The van der Waals surface area contributed by atoms with Crippen molar-refractivity contribution >= 4 is 10.1 Å². The van der Waals surface area contributed by atoms with Gasteiger partial charge in [0.2, 0.25) is 0 Å². The Bertz CT molecular complexity index is 1070. The second-order valence-corrected chi connectivity index (χ2v) is 8.85. The van der Waals surface area contributed by atoms with Crippen LogP contribution in [0.4, 0.5) is 65.9 Å². The molecule has 0 saturated heterocycles. The second kappa shape index (κ2) is 12.4. The van der Waals surface area contributed by atoms with E-state index in [1.54, 1.807) is 29.9 Å². The van der Waals surface area contributed by atoms with Gasteiger partial charge in [0.1, 0.15) is 0 Å². The molecule has 6 nitrogen and oxygen atoms in total. The van der Waals surface area contributed by atoms with E-state index in [2.05, 4.69) is 4.74 Å². The lowest BCUT2D eigenvalue weighted by Crippen LogP contribution is -2.65. The number of hydrogen-bond donors (Lipinski definition) is 2. The molecule has 1 aromatic carbocycles. The molecule has 40 heavy (non-hydrogen) atoms. The first-order valence-electron chi connectivity index (χ1n) is 9.87. The Morgan fingerprint density at radius 1 is 0.725 bits per heavy atom. The van der Waals surface area contributed by atoms with Gasteiger partial charge in [-0.2, -0.15) is 74.3 Å². The SMILES string of the molecule is Cc1ccccc1S(=O)(=O)O.OCCCCC(F)(F)OC(F)(OC(F)(F)C(F)(F)C(F)(F)C(F)(F)F)C(F)(F)F. The second-order valence-electron chi connectivity index (χ2n) is 7.46. The number of hydrogen-bond acceptors (Lipinski definition) is 5. The van der Waals surface area contributed by atoms with Gasteiger partial charge in [0, 0.05) is 13.0 Å². The van der Waals surface area contributed by atoms with Crippen LogP contribution >= 0.6 is 0 Å². The molecule has 1 unspecified atom stereocenters. The Hall–Kier alpha value is -2.04. The molecular formula is C18H17F15O6S. The molecule has 0 amide bonds. The summed E-state index contributed by atoms with van der Waals surface area (Å²) in [5.74, 6) is -15.7. The van der Waals surface area contributed by atoms with E-state index in [1.807, 2.05) is 0 Å². The Morgan fingerprint density at radius 2 is 1.20 bits per heavy atom. The van der Waals surface area contributed by atoms with Crippen LogP contribution in [0.1, 0.15) is 24.8 Å². The number of aliphatic hydroxyl groups is 1. The summed E-state index contributed by atoms with van der Waals surface area (Å²) < 4.78 is 224. The Labute approximate surface area is 214 Å². The lowest BCUT2D eigenvalue weighted by atomic mass is 10.1. The van der Waals surface area contributed by atoms with Gasteiger partial charge in [-0.05, 0) is 31.4 Å². The normalized spacial score (nSPS) is 15.8. The molecule has 0 aliphatic rings. The van der Waals surface area contributed by atoms with Gasteiger partial charge < -0.3 is 5.11 Å². The highest BCUT2D eigenvalue weighted by Crippen LogP contribution is 2.56. The summed E-state index contributed by atoms with van der Waals surface area (Å²) in [4.78, 5) is -0.0278. The summed E-state index contributed by atoms with van der Waals surface area (Å²) in [6.45, 7) is 0.798. The summed E-state index contributed by atoms with van der Waals surface area (Å²) in [6, 6.07) is -0.668. The molecular weight excluding hydrogens is 629 g/mol. The topological polar surface area (TPSA) is 93.1 Å². The van der Waals surface area contributed by atoms with Crippen LogP contribution in [0.3, 0.4) is 0 Å². The molecule has 236 valence electrons. The van der Waals surface area contributed by atoms with Gasteiger partial charge in [-0.1, -0.05) is 18.2 Å². The van der Waals surface area contributed by atoms with Crippen LogP contribution in [0.25, 0.3) is 0 Å². The van der Waals surface area contributed by atoms with Gasteiger partial charge in [0.15, 0.2) is 0 Å². The van der Waals surface area contributed by atoms with E-state index in [1.165, 1.54) is 6.07 Å². The first kappa shape index (κ1) is 38.0. The van der Waals surface area contributed by atoms with E-state index in [9.17, 15) is 74.3 Å². The Morgan fingerprint density at radius 3 is 1.55 bits per heavy atom. The van der Waals surface area contributed by atoms with Crippen LogP contribution < -0.4 is 0 Å². The van der Waals surface area contributed by atoms with Gasteiger partial charge in [-0.25, -0.2) is 4.74 Å². The van der Waals surface area contributed by atoms with Gasteiger partial charge in [-0.3, -0.25) is 9.29 Å². The van der Waals surface area contributed by atoms with Crippen molar-refractivity contribution in [1.82, 2.24) is 0 Å². The van der Waals surface area contributed by atoms with Crippen molar-refractivity contribution in [1.29, 1.82) is 0 Å². The average molecular weight is 646 g/mol. The third-order valence-electron chi connectivity index (χ3n) is 4.24. The molecule has 1 rings (SSSR count). The number of aliphatic hydroxyl groups excluding tert-OH is 1. The van der Waals surface area contributed by atoms with Crippen LogP contribution in [0.15, 0.2) is 29.2 Å². The summed E-state index contributed by atoms with van der Waals surface area (Å²) >= 11 is 0. The van der Waals surface area contributed by atoms with Crippen molar-refractivity contribution in [2.24, 2.45) is 0 Å². The van der Waals surface area contributed by atoms with E-state index in [0.717, 1.165) is 0 Å². The molecule has 0 heterocycles. The van der Waals surface area contributed by atoms with Gasteiger partial charge in [0.05, 0.1) is 4.90 Å². The Balaban J connectivity index is 0.00000114. The fourth-order valence-electron chi connectivity index (χ4n) is 2.26. The minimum atomic E-state index is -7.89. The van der Waals surface area contributed by atoms with E-state index in [4.69, 9.17) is 9.66 Å². The third-order valence-corrected chi connectivity index (χ3v) is 5.26. The molecule has 1 aromatic rings. The number of alkyl halides is 15. The minimum Gasteiger partial charge on any atom is -0.396 e. The predicted molar refractivity (Wildman–Crippen MR) is 99.8 cm³/mol. The molecule has 22 heteroatoms. The van der Waals surface area contributed by atoms with Crippen molar-refractivity contribution in [3.8, 4) is 0 Å². The monoisotopic (exact) mass is 646 g/mol. The summed E-state index contributed by atoms with van der Waals surface area (Å²) in [5, 5.41) is 8.30. The number of aryl methyl sites for hydroxylation is 1. The highest BCUT2D eigenvalue weighted by Gasteiger charge is 2.85. The van der Waals surface area contributed by atoms with Gasteiger partial charge in [-0.15, -0.1) is 0 Å². The Kier molecular flexibility index (Phi) is 11.8. The van der Waals surface area contributed by atoms with E-state index >= 15 is 0 Å². The largest absolute Gasteiger partial charge is 0.478 e. The van der Waals surface area contributed by atoms with Crippen LogP contribution in [0.2, 0.25) is 0 Å². The number of halogens is 15. The van der Waals surface area contributed by atoms with Crippen LogP contribution in [-0.2, 0) is 19.6 Å². The molecule has 0 bridgehead atoms. The standard InChI is InChI=1S/C11H9F15O3.C7H8O3S/c12-5(13,3-1-2-4-27)28-11(26,9(21,22)23)29-10(24,25)7(16,17)6(14,15)8(18,19)20;1-6-4-2-3-5-7(6)11(8,9)10/h27H,1-4H2;2-5H,1H3,(H,8,9,10). The summed E-state index contributed by atoms with van der Waals surface area (Å²) in [5.41, 5.74) is 0.551. The number of benzene rings is 1. The quantitative estimate of drug-likeness (QED) is 0.122. The maximum Gasteiger partial charge on any atom is 0.478 e. The van der Waals surface area contributed by atoms with Crippen molar-refractivity contribution < 1.29 is 93.4 Å². The van der Waals surface area contributed by atoms with E-state index < -0.39 is 78.4 Å². The van der Waals surface area contributed by atoms with Crippen LogP contribution in [0, 0.1) is 6.92 Å². The zero-order valence-corrected chi connectivity index (χ0v) is 20.1. The van der Waals surface area contributed by atoms with Gasteiger partial charge in [0.25, 0.3) is 10.1 Å². The maximum atomic E-state index is 13.6. The molecule has 0 saturated carbocycles. The van der Waals surface area contributed by atoms with Crippen molar-refractivity contribution in [2.45, 2.75) is 73.5 Å². The van der Waals surface area contributed by atoms with Crippen molar-refractivity contribution in [3.63, 3.8) is 0 Å². The molecule has 1 atom stereocenters. The fourth-order valence-corrected chi connectivity index (χ4v) is 2.98. The minimum absolute atomic E-state index is 0.0278. The zero-order valence-electron chi connectivity index (χ0n) is 19.2. The van der Waals surface area contributed by atoms with Crippen molar-refractivity contribution in [3.05, 3.63) is 29.8 Å². The first-order valence-corrected chi connectivity index (χ1v) is 11.3. The molecule has 0 aliphatic carbocycles. The molecule has 0 radical (unpaired) electrons. The summed E-state index contributed by atoms with van der Waals surface area (Å²) in [6.07, 6.45) is -31.2. The highest BCUT2D eigenvalue weighted by molar-refractivity contribution is 7.85. The maximum absolute atomic E-state index is 13.6. The molecule has 0 aromatic heterocycles. The number of unbranched alkanes of at least 4 members (excludes halogenated alkanes) is 1. The number of rotatable bonds is 11. The fraction of sp³-hybridized carbons (Fsp3) is 0.667. The van der Waals surface area contributed by atoms with E-state index in [-0.39, 0.29) is 4.90 Å². The third kappa shape index (κ3) is 9.24. The lowest BCUT2D eigenvalue weighted by Gasteiger charge is -2.37. The molecule has 2 N–H and O–H groups in total. The molecule has 0 spiro atoms. The molecule has 0 aliphatic heterocycles. The smallest absolute Gasteiger partial charge is 0.396 e. The predicted octanol–water partition coefficient (Wildman–Crippen LogP) is 6.63. The molecule has 0 fully saturated rings. The average Bonchev–Trinajstić information content (AvgIpc) is 2.71. The van der Waals surface area contributed by atoms with Crippen LogP contribution in [0.5, 0.6) is 0 Å². The highest BCUT2D eigenvalue weighted by atomic mass is 32.2. The lowest BCUT2D eigenvalue weighted by molar-refractivity contribution is -0.560. The number of ether oxygens (including phenoxy) is 2. The first-order chi connectivity index (χ1) is 17.5. The van der Waals surface area contributed by atoms with Crippen LogP contribution in [-0.4, -0.2) is 67.1 Å². The van der Waals surface area contributed by atoms with Gasteiger partial charge >= 0.3 is 42.5 Å². The zero-order chi connectivity index (χ0) is 32.2. The van der Waals surface area contributed by atoms with E-state index in [0.29, 0.717) is 5.56 Å². The summed E-state index contributed by atoms with van der Waals surface area (Å²) in [7, 11) is -4.03. The van der Waals surface area contributed by atoms with Crippen molar-refractivity contribution in [2.75, 3.05) is 6.61 Å².